The van der Waals surface area contributed by atoms with Crippen LogP contribution in [-0.2, 0) is 38.3 Å². The Bertz CT molecular complexity index is 1590. The molecule has 0 spiro atoms. The van der Waals surface area contributed by atoms with Gasteiger partial charge in [-0.15, -0.1) is 0 Å². The highest BCUT2D eigenvalue weighted by Crippen LogP contribution is 2.30. The molecule has 300 valence electrons. The number of carbonyl (C=O) groups excluding carboxylic acids is 6. The summed E-state index contributed by atoms with van der Waals surface area (Å²) in [4.78, 5) is 91.2. The number of nitrogens with one attached hydrogen (secondary N) is 4. The van der Waals surface area contributed by atoms with Gasteiger partial charge in [0.05, 0.1) is 0 Å². The molecule has 2 aromatic carbocycles. The zero-order valence-electron chi connectivity index (χ0n) is 31.6. The number of carboxylic acid groups (broad SMARTS) is 1. The number of carbonyl (C=O) groups is 7. The van der Waals surface area contributed by atoms with Crippen LogP contribution < -0.4 is 21.3 Å². The van der Waals surface area contributed by atoms with E-state index in [4.69, 9.17) is 4.74 Å². The lowest BCUT2D eigenvalue weighted by atomic mass is 9.84. The Kier molecular flexibility index (Phi) is 16.9. The summed E-state index contributed by atoms with van der Waals surface area (Å²) >= 11 is 0. The third-order valence-electron chi connectivity index (χ3n) is 9.17. The second-order valence-corrected chi connectivity index (χ2v) is 14.8. The molecule has 1 fully saturated rings. The third-order valence-corrected chi connectivity index (χ3v) is 9.17. The lowest BCUT2D eigenvalue weighted by Gasteiger charge is -2.31. The summed E-state index contributed by atoms with van der Waals surface area (Å²) in [6.45, 7) is 6.22. The molecule has 0 saturated heterocycles. The highest BCUT2D eigenvalue weighted by molar-refractivity contribution is 6.35. The SMILES string of the molecule is CC(=O)NC(C(=O)NC(CCC(=O)OC(C)(C)C)C(=O)NC(CC1CCCCC1)C(=O)NC(CC(F)F)C(=O)C(=O)O)C(c1ccccc1)c1ccccc1. The molecule has 0 aliphatic heterocycles. The van der Waals surface area contributed by atoms with Gasteiger partial charge in [0.1, 0.15) is 29.8 Å². The van der Waals surface area contributed by atoms with Gasteiger partial charge in [0, 0.05) is 25.7 Å². The average Bonchev–Trinajstić information content (AvgIpc) is 3.12. The van der Waals surface area contributed by atoms with Gasteiger partial charge >= 0.3 is 11.9 Å². The first-order valence-corrected chi connectivity index (χ1v) is 18.5. The number of ether oxygens (including phenoxy) is 1. The van der Waals surface area contributed by atoms with E-state index in [0.29, 0.717) is 24.0 Å². The van der Waals surface area contributed by atoms with Crippen LogP contribution in [0.15, 0.2) is 60.7 Å². The summed E-state index contributed by atoms with van der Waals surface area (Å²) in [6.07, 6.45) is -0.936. The van der Waals surface area contributed by atoms with E-state index >= 15 is 0 Å². The maximum atomic E-state index is 14.3. The van der Waals surface area contributed by atoms with Crippen LogP contribution in [0.2, 0.25) is 0 Å². The predicted octanol–water partition coefficient (Wildman–Crippen LogP) is 4.18. The molecule has 2 aromatic rings. The number of alkyl halides is 2. The summed E-state index contributed by atoms with van der Waals surface area (Å²) in [7, 11) is 0. The van der Waals surface area contributed by atoms with Crippen molar-refractivity contribution in [2.45, 2.75) is 128 Å². The summed E-state index contributed by atoms with van der Waals surface area (Å²) in [5.74, 6) is -8.44. The molecule has 4 atom stereocenters. The third kappa shape index (κ3) is 14.9. The lowest BCUT2D eigenvalue weighted by Crippen LogP contribution is -2.59. The van der Waals surface area contributed by atoms with E-state index in [2.05, 4.69) is 21.3 Å². The fraction of sp³-hybridized carbons (Fsp3) is 0.525. The van der Waals surface area contributed by atoms with E-state index in [1.807, 2.05) is 0 Å². The van der Waals surface area contributed by atoms with Gasteiger partial charge < -0.3 is 31.1 Å². The average molecular weight is 771 g/mol. The molecule has 1 aliphatic rings. The van der Waals surface area contributed by atoms with E-state index in [1.165, 1.54) is 6.92 Å². The Morgan fingerprint density at radius 2 is 1.25 bits per heavy atom. The van der Waals surface area contributed by atoms with Gasteiger partial charge in [-0.2, -0.15) is 0 Å². The van der Waals surface area contributed by atoms with Crippen molar-refractivity contribution in [2.24, 2.45) is 5.92 Å². The molecule has 15 heteroatoms. The van der Waals surface area contributed by atoms with E-state index in [9.17, 15) is 47.4 Å². The van der Waals surface area contributed by atoms with Crippen LogP contribution >= 0.6 is 0 Å². The minimum absolute atomic E-state index is 0.0333. The molecule has 4 amide bonds. The number of carboxylic acids is 1. The largest absolute Gasteiger partial charge is 0.475 e. The summed E-state index contributed by atoms with van der Waals surface area (Å²) in [5.41, 5.74) is 0.491. The lowest BCUT2D eigenvalue weighted by molar-refractivity contribution is -0.155. The Morgan fingerprint density at radius 1 is 0.745 bits per heavy atom. The standard InChI is InChI=1S/C40H52F2N4O9/c1-24(47)43-34(33(26-16-10-6-11-17-26)27-18-12-7-13-19-27)38(52)44-28(20-21-32(48)55-40(2,3)4)36(50)46-30(22-25-14-8-5-9-15-25)37(51)45-29(23-31(41)42)35(49)39(53)54/h6-7,10-13,16-19,25,28-31,33-34H,5,8-9,14-15,20-23H2,1-4H3,(H,43,47)(H,44,52)(H,45,51)(H,46,50)(H,53,54). The molecule has 0 bridgehead atoms. The van der Waals surface area contributed by atoms with Crippen LogP contribution in [0.25, 0.3) is 0 Å². The zero-order chi connectivity index (χ0) is 40.7. The van der Waals surface area contributed by atoms with Crippen molar-refractivity contribution >= 4 is 41.4 Å². The van der Waals surface area contributed by atoms with Gasteiger partial charge in [-0.1, -0.05) is 92.8 Å². The van der Waals surface area contributed by atoms with Gasteiger partial charge in [-0.3, -0.25) is 28.8 Å². The molecular formula is C40H52F2N4O9. The van der Waals surface area contributed by atoms with E-state index in [0.717, 1.165) is 19.3 Å². The molecule has 0 radical (unpaired) electrons. The Hall–Kier alpha value is -5.21. The minimum atomic E-state index is -3.13. The Labute approximate surface area is 319 Å². The molecular weight excluding hydrogens is 718 g/mol. The highest BCUT2D eigenvalue weighted by Gasteiger charge is 2.37. The second-order valence-electron chi connectivity index (χ2n) is 14.8. The number of Topliss-reactive ketones (excluding diaryl/α,β-unsaturated/α-hetero) is 1. The highest BCUT2D eigenvalue weighted by atomic mass is 19.3. The van der Waals surface area contributed by atoms with Gasteiger partial charge in [-0.25, -0.2) is 13.6 Å². The second kappa shape index (κ2) is 21.0. The first-order valence-electron chi connectivity index (χ1n) is 18.5. The summed E-state index contributed by atoms with van der Waals surface area (Å²) in [6, 6.07) is 11.6. The van der Waals surface area contributed by atoms with E-state index in [1.54, 1.807) is 81.4 Å². The quantitative estimate of drug-likeness (QED) is 0.103. The smallest absolute Gasteiger partial charge is 0.374 e. The van der Waals surface area contributed by atoms with E-state index < -0.39 is 89.9 Å². The van der Waals surface area contributed by atoms with Crippen molar-refractivity contribution in [3.8, 4) is 0 Å². The summed E-state index contributed by atoms with van der Waals surface area (Å²) < 4.78 is 32.2. The number of rotatable bonds is 19. The number of ketones is 1. The fourth-order valence-corrected chi connectivity index (χ4v) is 6.69. The van der Waals surface area contributed by atoms with Crippen molar-refractivity contribution in [3.05, 3.63) is 71.8 Å². The number of hydrogen-bond acceptors (Lipinski definition) is 8. The number of hydrogen-bond donors (Lipinski definition) is 5. The maximum Gasteiger partial charge on any atom is 0.374 e. The topological polar surface area (TPSA) is 197 Å². The molecule has 3 rings (SSSR count). The van der Waals surface area contributed by atoms with Gasteiger partial charge in [-0.05, 0) is 50.7 Å². The normalized spacial score (nSPS) is 15.6. The molecule has 1 saturated carbocycles. The molecule has 0 aromatic heterocycles. The van der Waals surface area contributed by atoms with Crippen molar-refractivity contribution < 1.29 is 52.2 Å². The molecule has 4 unspecified atom stereocenters. The predicted molar refractivity (Wildman–Crippen MR) is 198 cm³/mol. The van der Waals surface area contributed by atoms with Crippen molar-refractivity contribution in [1.29, 1.82) is 0 Å². The maximum absolute atomic E-state index is 14.3. The molecule has 55 heavy (non-hydrogen) atoms. The van der Waals surface area contributed by atoms with Crippen LogP contribution in [0, 0.1) is 5.92 Å². The van der Waals surface area contributed by atoms with Crippen LogP contribution in [0.1, 0.15) is 103 Å². The van der Waals surface area contributed by atoms with E-state index in [-0.39, 0.29) is 25.2 Å². The first-order chi connectivity index (χ1) is 25.9. The van der Waals surface area contributed by atoms with Crippen LogP contribution in [0.4, 0.5) is 8.78 Å². The fourth-order valence-electron chi connectivity index (χ4n) is 6.69. The van der Waals surface area contributed by atoms with Crippen molar-refractivity contribution in [1.82, 2.24) is 21.3 Å². The molecule has 0 heterocycles. The monoisotopic (exact) mass is 770 g/mol. The number of benzene rings is 2. The Morgan fingerprint density at radius 3 is 1.75 bits per heavy atom. The van der Waals surface area contributed by atoms with Gasteiger partial charge in [0.2, 0.25) is 30.1 Å². The number of esters is 1. The number of halogens is 2. The minimum Gasteiger partial charge on any atom is -0.475 e. The molecule has 13 nitrogen and oxygen atoms in total. The zero-order valence-corrected chi connectivity index (χ0v) is 31.6. The molecule has 1 aliphatic carbocycles. The van der Waals surface area contributed by atoms with Crippen molar-refractivity contribution in [2.75, 3.05) is 0 Å². The van der Waals surface area contributed by atoms with Gasteiger partial charge in [0.15, 0.2) is 0 Å². The summed E-state index contributed by atoms with van der Waals surface area (Å²) in [5, 5.41) is 19.3. The number of amides is 4. The van der Waals surface area contributed by atoms with Crippen LogP contribution in [0.5, 0.6) is 0 Å². The van der Waals surface area contributed by atoms with Crippen LogP contribution in [-0.4, -0.2) is 82.7 Å². The number of aliphatic carboxylic acids is 1. The van der Waals surface area contributed by atoms with Crippen LogP contribution in [0.3, 0.4) is 0 Å². The molecule has 5 N–H and O–H groups in total. The Balaban J connectivity index is 2.00. The first kappa shape index (κ1) is 44.2. The van der Waals surface area contributed by atoms with Crippen molar-refractivity contribution in [3.63, 3.8) is 0 Å². The van der Waals surface area contributed by atoms with Gasteiger partial charge in [0.25, 0.3) is 5.78 Å².